The molecule has 0 aromatic heterocycles. The number of nitrogens with zero attached hydrogens (tertiary/aromatic N) is 2. The lowest BCUT2D eigenvalue weighted by molar-refractivity contribution is -0.142. The van der Waals surface area contributed by atoms with E-state index in [4.69, 9.17) is 10.4 Å². The van der Waals surface area contributed by atoms with E-state index < -0.39 is 12.0 Å². The molecule has 1 N–H and O–H groups in total. The number of carbonyl (C=O) groups is 1. The van der Waals surface area contributed by atoms with E-state index in [0.29, 0.717) is 19.4 Å². The van der Waals surface area contributed by atoms with Crippen molar-refractivity contribution in [2.75, 3.05) is 13.6 Å². The molecule has 0 heterocycles. The molecule has 0 fully saturated rings. The summed E-state index contributed by atoms with van der Waals surface area (Å²) >= 11 is 0. The van der Waals surface area contributed by atoms with Crippen LogP contribution >= 0.6 is 0 Å². The van der Waals surface area contributed by atoms with E-state index in [2.05, 4.69) is 0 Å². The second kappa shape index (κ2) is 5.56. The first-order valence-corrected chi connectivity index (χ1v) is 3.93. The molecule has 4 nitrogen and oxygen atoms in total. The third-order valence-electron chi connectivity index (χ3n) is 1.78. The Kier molecular flexibility index (Phi) is 5.06. The van der Waals surface area contributed by atoms with E-state index in [-0.39, 0.29) is 0 Å². The highest BCUT2D eigenvalue weighted by atomic mass is 16.4. The molecule has 0 saturated carbocycles. The van der Waals surface area contributed by atoms with Gasteiger partial charge < -0.3 is 5.11 Å². The van der Waals surface area contributed by atoms with E-state index >= 15 is 0 Å². The van der Waals surface area contributed by atoms with Crippen LogP contribution in [0.5, 0.6) is 0 Å². The number of nitriles is 1. The predicted molar refractivity (Wildman–Crippen MR) is 44.6 cm³/mol. The fraction of sp³-hybridized carbons (Fsp3) is 0.750. The van der Waals surface area contributed by atoms with E-state index in [1.807, 2.05) is 13.0 Å². The topological polar surface area (TPSA) is 64.3 Å². The van der Waals surface area contributed by atoms with Crippen LogP contribution in [0.4, 0.5) is 0 Å². The molecule has 4 heteroatoms. The molecule has 0 aliphatic carbocycles. The zero-order chi connectivity index (χ0) is 9.56. The minimum absolute atomic E-state index is 0.375. The average molecular weight is 170 g/mol. The van der Waals surface area contributed by atoms with Gasteiger partial charge in [-0.3, -0.25) is 9.69 Å². The highest BCUT2D eigenvalue weighted by Gasteiger charge is 2.19. The minimum Gasteiger partial charge on any atom is -0.480 e. The van der Waals surface area contributed by atoms with E-state index in [1.165, 1.54) is 0 Å². The lowest BCUT2D eigenvalue weighted by atomic mass is 10.2. The smallest absolute Gasteiger partial charge is 0.320 e. The Bertz CT molecular complexity index is 186. The summed E-state index contributed by atoms with van der Waals surface area (Å²) in [6.07, 6.45) is 0.942. The van der Waals surface area contributed by atoms with Crippen LogP contribution in [0.15, 0.2) is 0 Å². The van der Waals surface area contributed by atoms with Crippen molar-refractivity contribution in [3.05, 3.63) is 0 Å². The van der Waals surface area contributed by atoms with Crippen LogP contribution in [0.1, 0.15) is 19.8 Å². The Labute approximate surface area is 72.4 Å². The summed E-state index contributed by atoms with van der Waals surface area (Å²) in [5.41, 5.74) is 0. The molecule has 0 aromatic carbocycles. The molecule has 0 aliphatic heterocycles. The van der Waals surface area contributed by atoms with Crippen molar-refractivity contribution in [1.82, 2.24) is 4.90 Å². The Balaban J connectivity index is 3.95. The van der Waals surface area contributed by atoms with Crippen LogP contribution < -0.4 is 0 Å². The Morgan fingerprint density at radius 3 is 2.67 bits per heavy atom. The van der Waals surface area contributed by atoms with Crippen molar-refractivity contribution in [2.45, 2.75) is 25.8 Å². The summed E-state index contributed by atoms with van der Waals surface area (Å²) in [5.74, 6) is -0.821. The van der Waals surface area contributed by atoms with Crippen molar-refractivity contribution in [1.29, 1.82) is 5.26 Å². The van der Waals surface area contributed by atoms with Crippen molar-refractivity contribution in [3.63, 3.8) is 0 Å². The number of hydrogen-bond acceptors (Lipinski definition) is 3. The third-order valence-corrected chi connectivity index (χ3v) is 1.78. The van der Waals surface area contributed by atoms with E-state index in [1.54, 1.807) is 11.9 Å². The van der Waals surface area contributed by atoms with Gasteiger partial charge in [-0.2, -0.15) is 5.26 Å². The maximum atomic E-state index is 10.6. The van der Waals surface area contributed by atoms with Gasteiger partial charge in [0.25, 0.3) is 0 Å². The Hall–Kier alpha value is -1.08. The quantitative estimate of drug-likeness (QED) is 0.659. The molecule has 0 rings (SSSR count). The standard InChI is InChI=1S/C8H14N2O2/c1-3-7(8(11)12)10(2)6-4-5-9/h7H,3-4,6H2,1-2H3,(H,11,12). The summed E-state index contributed by atoms with van der Waals surface area (Å²) < 4.78 is 0. The van der Waals surface area contributed by atoms with Gasteiger partial charge in [0.1, 0.15) is 6.04 Å². The number of rotatable bonds is 5. The molecule has 1 unspecified atom stereocenters. The zero-order valence-corrected chi connectivity index (χ0v) is 7.45. The van der Waals surface area contributed by atoms with Gasteiger partial charge in [-0.1, -0.05) is 6.92 Å². The molecule has 12 heavy (non-hydrogen) atoms. The van der Waals surface area contributed by atoms with Crippen LogP contribution in [0.3, 0.4) is 0 Å². The molecule has 0 aliphatic rings. The highest BCUT2D eigenvalue weighted by Crippen LogP contribution is 2.01. The Morgan fingerprint density at radius 2 is 2.33 bits per heavy atom. The normalized spacial score (nSPS) is 12.5. The molecule has 0 aromatic rings. The average Bonchev–Trinajstić information content (AvgIpc) is 2.01. The first-order valence-electron chi connectivity index (χ1n) is 3.93. The molecule has 0 amide bonds. The van der Waals surface area contributed by atoms with Gasteiger partial charge in [-0.05, 0) is 13.5 Å². The molecule has 68 valence electrons. The van der Waals surface area contributed by atoms with Crippen LogP contribution in [0.25, 0.3) is 0 Å². The Morgan fingerprint density at radius 1 is 1.75 bits per heavy atom. The molecule has 0 bridgehead atoms. The van der Waals surface area contributed by atoms with E-state index in [0.717, 1.165) is 0 Å². The minimum atomic E-state index is -0.821. The molecule has 1 atom stereocenters. The molecule has 0 saturated heterocycles. The largest absolute Gasteiger partial charge is 0.480 e. The molecule has 0 spiro atoms. The van der Waals surface area contributed by atoms with Crippen molar-refractivity contribution in [2.24, 2.45) is 0 Å². The number of likely N-dealkylation sites (N-methyl/N-ethyl adjacent to an activating group) is 1. The number of carboxylic acid groups (broad SMARTS) is 1. The summed E-state index contributed by atoms with van der Waals surface area (Å²) in [6.45, 7) is 2.34. The zero-order valence-electron chi connectivity index (χ0n) is 7.45. The van der Waals surface area contributed by atoms with Gasteiger partial charge in [0.05, 0.1) is 6.07 Å². The number of hydrogen-bond donors (Lipinski definition) is 1. The second-order valence-electron chi connectivity index (χ2n) is 2.65. The third kappa shape index (κ3) is 3.35. The van der Waals surface area contributed by atoms with Crippen molar-refractivity contribution < 1.29 is 9.90 Å². The van der Waals surface area contributed by atoms with Gasteiger partial charge in [-0.15, -0.1) is 0 Å². The van der Waals surface area contributed by atoms with Crippen LogP contribution in [-0.4, -0.2) is 35.6 Å². The lowest BCUT2D eigenvalue weighted by Gasteiger charge is -2.21. The summed E-state index contributed by atoms with van der Waals surface area (Å²) in [6, 6.07) is 1.52. The molecular weight excluding hydrogens is 156 g/mol. The fourth-order valence-electron chi connectivity index (χ4n) is 1.06. The molecule has 0 radical (unpaired) electrons. The summed E-state index contributed by atoms with van der Waals surface area (Å²) in [5, 5.41) is 17.0. The monoisotopic (exact) mass is 170 g/mol. The van der Waals surface area contributed by atoms with Gasteiger partial charge >= 0.3 is 5.97 Å². The number of carboxylic acids is 1. The van der Waals surface area contributed by atoms with Crippen LogP contribution in [0, 0.1) is 11.3 Å². The molecular formula is C8H14N2O2. The first-order chi connectivity index (χ1) is 5.63. The highest BCUT2D eigenvalue weighted by molar-refractivity contribution is 5.73. The van der Waals surface area contributed by atoms with Crippen molar-refractivity contribution >= 4 is 5.97 Å². The van der Waals surface area contributed by atoms with Crippen LogP contribution in [-0.2, 0) is 4.79 Å². The fourth-order valence-corrected chi connectivity index (χ4v) is 1.06. The second-order valence-corrected chi connectivity index (χ2v) is 2.65. The predicted octanol–water partition coefficient (Wildman–Crippen LogP) is 0.695. The van der Waals surface area contributed by atoms with Gasteiger partial charge in [0.2, 0.25) is 0 Å². The maximum Gasteiger partial charge on any atom is 0.320 e. The number of aliphatic carboxylic acids is 1. The SMILES string of the molecule is CCC(C(=O)O)N(C)CCC#N. The lowest BCUT2D eigenvalue weighted by Crippen LogP contribution is -2.38. The maximum absolute atomic E-state index is 10.6. The van der Waals surface area contributed by atoms with Gasteiger partial charge in [0.15, 0.2) is 0 Å². The van der Waals surface area contributed by atoms with E-state index in [9.17, 15) is 4.79 Å². The van der Waals surface area contributed by atoms with Crippen molar-refractivity contribution in [3.8, 4) is 6.07 Å². The first kappa shape index (κ1) is 10.9. The summed E-state index contributed by atoms with van der Waals surface area (Å²) in [7, 11) is 1.72. The van der Waals surface area contributed by atoms with Crippen LogP contribution in [0.2, 0.25) is 0 Å². The van der Waals surface area contributed by atoms with Gasteiger partial charge in [0, 0.05) is 13.0 Å². The van der Waals surface area contributed by atoms with Gasteiger partial charge in [-0.25, -0.2) is 0 Å². The summed E-state index contributed by atoms with van der Waals surface area (Å²) in [4.78, 5) is 12.3.